The van der Waals surface area contributed by atoms with Crippen molar-refractivity contribution in [2.24, 2.45) is 0 Å². The zero-order valence-corrected chi connectivity index (χ0v) is 9.74. The SMILES string of the molecule is COc1cc(OC)c2c(c1C)OCC(O)C2. The molecule has 4 heteroatoms. The van der Waals surface area contributed by atoms with E-state index in [0.29, 0.717) is 18.8 Å². The van der Waals surface area contributed by atoms with Crippen LogP contribution in [0.15, 0.2) is 6.07 Å². The van der Waals surface area contributed by atoms with Crippen LogP contribution < -0.4 is 14.2 Å². The van der Waals surface area contributed by atoms with Gasteiger partial charge in [0, 0.05) is 23.6 Å². The van der Waals surface area contributed by atoms with Gasteiger partial charge in [0.05, 0.1) is 20.3 Å². The quantitative estimate of drug-likeness (QED) is 0.822. The largest absolute Gasteiger partial charge is 0.496 e. The summed E-state index contributed by atoms with van der Waals surface area (Å²) < 4.78 is 16.1. The van der Waals surface area contributed by atoms with Crippen LogP contribution in [0, 0.1) is 6.92 Å². The lowest BCUT2D eigenvalue weighted by atomic mass is 9.99. The maximum atomic E-state index is 9.58. The van der Waals surface area contributed by atoms with Crippen molar-refractivity contribution in [3.8, 4) is 17.2 Å². The molecule has 1 heterocycles. The third-order valence-corrected chi connectivity index (χ3v) is 2.84. The molecule has 0 aliphatic carbocycles. The Morgan fingerprint density at radius 2 is 2.00 bits per heavy atom. The predicted octanol–water partition coefficient (Wildman–Crippen LogP) is 1.31. The average Bonchev–Trinajstić information content (AvgIpc) is 2.29. The van der Waals surface area contributed by atoms with Gasteiger partial charge >= 0.3 is 0 Å². The maximum Gasteiger partial charge on any atom is 0.133 e. The highest BCUT2D eigenvalue weighted by molar-refractivity contribution is 5.57. The number of fused-ring (bicyclic) bond motifs is 1. The summed E-state index contributed by atoms with van der Waals surface area (Å²) in [7, 11) is 3.22. The van der Waals surface area contributed by atoms with Crippen molar-refractivity contribution in [1.29, 1.82) is 0 Å². The molecule has 0 saturated carbocycles. The lowest BCUT2D eigenvalue weighted by molar-refractivity contribution is 0.0900. The minimum atomic E-state index is -0.464. The first-order valence-corrected chi connectivity index (χ1v) is 5.22. The Labute approximate surface area is 94.8 Å². The Bertz CT molecular complexity index is 400. The van der Waals surface area contributed by atoms with Gasteiger partial charge < -0.3 is 19.3 Å². The van der Waals surface area contributed by atoms with Crippen LogP contribution in [-0.4, -0.2) is 32.0 Å². The normalized spacial score (nSPS) is 18.6. The topological polar surface area (TPSA) is 47.9 Å². The molecule has 1 aromatic carbocycles. The standard InChI is InChI=1S/C12H16O4/c1-7-10(14-2)5-11(15-3)9-4-8(13)6-16-12(7)9/h5,8,13H,4,6H2,1-3H3. The Balaban J connectivity index is 2.56. The number of benzene rings is 1. The van der Waals surface area contributed by atoms with Crippen molar-refractivity contribution < 1.29 is 19.3 Å². The second kappa shape index (κ2) is 4.22. The smallest absolute Gasteiger partial charge is 0.133 e. The van der Waals surface area contributed by atoms with Gasteiger partial charge in [0.2, 0.25) is 0 Å². The summed E-state index contributed by atoms with van der Waals surface area (Å²) in [5.74, 6) is 2.23. The van der Waals surface area contributed by atoms with E-state index in [9.17, 15) is 5.11 Å². The lowest BCUT2D eigenvalue weighted by Crippen LogP contribution is -2.26. The monoisotopic (exact) mass is 224 g/mol. The Kier molecular flexibility index (Phi) is 2.92. The van der Waals surface area contributed by atoms with Crippen molar-refractivity contribution in [2.45, 2.75) is 19.4 Å². The molecule has 1 aromatic rings. The van der Waals surface area contributed by atoms with E-state index in [4.69, 9.17) is 14.2 Å². The summed E-state index contributed by atoms with van der Waals surface area (Å²) in [4.78, 5) is 0. The highest BCUT2D eigenvalue weighted by Crippen LogP contribution is 2.41. The molecular weight excluding hydrogens is 208 g/mol. The van der Waals surface area contributed by atoms with Gasteiger partial charge in [-0.2, -0.15) is 0 Å². The fraction of sp³-hybridized carbons (Fsp3) is 0.500. The zero-order chi connectivity index (χ0) is 11.7. The fourth-order valence-corrected chi connectivity index (χ4v) is 2.02. The highest BCUT2D eigenvalue weighted by atomic mass is 16.5. The fourth-order valence-electron chi connectivity index (χ4n) is 2.02. The van der Waals surface area contributed by atoms with E-state index < -0.39 is 6.10 Å². The molecule has 0 aromatic heterocycles. The minimum Gasteiger partial charge on any atom is -0.496 e. The van der Waals surface area contributed by atoms with Gasteiger partial charge in [0.15, 0.2) is 0 Å². The Hall–Kier alpha value is -1.42. The van der Waals surface area contributed by atoms with Gasteiger partial charge in [-0.3, -0.25) is 0 Å². The molecule has 1 N–H and O–H groups in total. The molecule has 0 bridgehead atoms. The van der Waals surface area contributed by atoms with Crippen LogP contribution in [0.4, 0.5) is 0 Å². The molecule has 1 atom stereocenters. The van der Waals surface area contributed by atoms with Crippen molar-refractivity contribution >= 4 is 0 Å². The lowest BCUT2D eigenvalue weighted by Gasteiger charge is -2.26. The first-order valence-electron chi connectivity index (χ1n) is 5.22. The summed E-state index contributed by atoms with van der Waals surface area (Å²) in [5, 5.41) is 9.58. The van der Waals surface area contributed by atoms with Gasteiger partial charge in [-0.25, -0.2) is 0 Å². The van der Waals surface area contributed by atoms with E-state index >= 15 is 0 Å². The van der Waals surface area contributed by atoms with Crippen LogP contribution in [0.1, 0.15) is 11.1 Å². The van der Waals surface area contributed by atoms with Gasteiger partial charge in [0.25, 0.3) is 0 Å². The molecule has 16 heavy (non-hydrogen) atoms. The summed E-state index contributed by atoms with van der Waals surface area (Å²) in [6.07, 6.45) is 0.0952. The number of hydrogen-bond donors (Lipinski definition) is 1. The van der Waals surface area contributed by atoms with Crippen LogP contribution in [0.2, 0.25) is 0 Å². The Morgan fingerprint density at radius 3 is 2.62 bits per heavy atom. The van der Waals surface area contributed by atoms with Gasteiger partial charge in [0.1, 0.15) is 23.9 Å². The molecule has 0 spiro atoms. The first-order chi connectivity index (χ1) is 7.67. The second-order valence-electron chi connectivity index (χ2n) is 3.88. The molecule has 0 amide bonds. The van der Waals surface area contributed by atoms with Crippen LogP contribution in [0.25, 0.3) is 0 Å². The molecule has 88 valence electrons. The minimum absolute atomic E-state index is 0.324. The van der Waals surface area contributed by atoms with Crippen LogP contribution in [-0.2, 0) is 6.42 Å². The summed E-state index contributed by atoms with van der Waals surface area (Å²) >= 11 is 0. The van der Waals surface area contributed by atoms with Crippen molar-refractivity contribution in [3.05, 3.63) is 17.2 Å². The van der Waals surface area contributed by atoms with Gasteiger partial charge in [-0.1, -0.05) is 0 Å². The number of ether oxygens (including phenoxy) is 3. The third kappa shape index (κ3) is 1.69. The second-order valence-corrected chi connectivity index (χ2v) is 3.88. The van der Waals surface area contributed by atoms with Crippen molar-refractivity contribution in [3.63, 3.8) is 0 Å². The summed E-state index contributed by atoms with van der Waals surface area (Å²) in [5.41, 5.74) is 1.87. The van der Waals surface area contributed by atoms with Crippen molar-refractivity contribution in [2.75, 3.05) is 20.8 Å². The van der Waals surface area contributed by atoms with Crippen LogP contribution in [0.3, 0.4) is 0 Å². The molecule has 0 radical (unpaired) electrons. The van der Waals surface area contributed by atoms with Crippen molar-refractivity contribution in [1.82, 2.24) is 0 Å². The van der Waals surface area contributed by atoms with E-state index in [2.05, 4.69) is 0 Å². The Morgan fingerprint density at radius 1 is 1.31 bits per heavy atom. The average molecular weight is 224 g/mol. The molecule has 0 saturated heterocycles. The predicted molar refractivity (Wildman–Crippen MR) is 59.5 cm³/mol. The maximum absolute atomic E-state index is 9.58. The van der Waals surface area contributed by atoms with Gasteiger partial charge in [-0.05, 0) is 6.92 Å². The van der Waals surface area contributed by atoms with Crippen LogP contribution >= 0.6 is 0 Å². The molecule has 2 rings (SSSR count). The number of methoxy groups -OCH3 is 2. The number of aliphatic hydroxyl groups excluding tert-OH is 1. The molecule has 4 nitrogen and oxygen atoms in total. The van der Waals surface area contributed by atoms with E-state index in [-0.39, 0.29) is 0 Å². The summed E-state index contributed by atoms with van der Waals surface area (Å²) in [6, 6.07) is 1.83. The number of rotatable bonds is 2. The highest BCUT2D eigenvalue weighted by Gasteiger charge is 2.25. The molecular formula is C12H16O4. The van der Waals surface area contributed by atoms with E-state index in [1.54, 1.807) is 14.2 Å². The number of hydrogen-bond acceptors (Lipinski definition) is 4. The van der Waals surface area contributed by atoms with Crippen LogP contribution in [0.5, 0.6) is 17.2 Å². The molecule has 1 unspecified atom stereocenters. The molecule has 1 aliphatic rings. The van der Waals surface area contributed by atoms with E-state index in [0.717, 1.165) is 22.6 Å². The third-order valence-electron chi connectivity index (χ3n) is 2.84. The van der Waals surface area contributed by atoms with Gasteiger partial charge in [-0.15, -0.1) is 0 Å². The summed E-state index contributed by atoms with van der Waals surface area (Å²) in [6.45, 7) is 2.26. The van der Waals surface area contributed by atoms with E-state index in [1.807, 2.05) is 13.0 Å². The zero-order valence-electron chi connectivity index (χ0n) is 9.74. The molecule has 1 aliphatic heterocycles. The number of aliphatic hydroxyl groups is 1. The first kappa shape index (κ1) is 11.1. The molecule has 0 fully saturated rings. The van der Waals surface area contributed by atoms with E-state index in [1.165, 1.54) is 0 Å².